The van der Waals surface area contributed by atoms with Gasteiger partial charge in [-0.2, -0.15) is 0 Å². The van der Waals surface area contributed by atoms with Gasteiger partial charge in [0, 0.05) is 18.6 Å². The molecule has 0 spiro atoms. The second-order valence-electron chi connectivity index (χ2n) is 6.19. The van der Waals surface area contributed by atoms with Gasteiger partial charge in [-0.15, -0.1) is 0 Å². The molecule has 0 bridgehead atoms. The number of benzene rings is 1. The van der Waals surface area contributed by atoms with Gasteiger partial charge in [0.25, 0.3) is 0 Å². The highest BCUT2D eigenvalue weighted by Gasteiger charge is 2.28. The molecule has 1 aromatic heterocycles. The highest BCUT2D eigenvalue weighted by atomic mass is 15.2. The molecule has 2 aromatic rings. The van der Waals surface area contributed by atoms with Crippen LogP contribution in [0.15, 0.2) is 24.3 Å². The molecule has 0 aliphatic carbocycles. The highest BCUT2D eigenvalue weighted by Crippen LogP contribution is 2.21. The van der Waals surface area contributed by atoms with Crippen LogP contribution in [0.5, 0.6) is 0 Å². The third kappa shape index (κ3) is 2.72. The quantitative estimate of drug-likeness (QED) is 0.901. The van der Waals surface area contributed by atoms with Gasteiger partial charge in [-0.05, 0) is 38.4 Å². The number of para-hydroxylation sites is 2. The topological polar surface area (TPSA) is 44.0 Å². The summed E-state index contributed by atoms with van der Waals surface area (Å²) in [6.07, 6.45) is 1.21. The maximum Gasteiger partial charge on any atom is 0.121 e. The van der Waals surface area contributed by atoms with Crippen molar-refractivity contribution >= 4 is 11.0 Å². The SMILES string of the molecule is CC1CN(C)C(C)CC1NCc1nc2ccccc2[nH]1. The van der Waals surface area contributed by atoms with Crippen LogP contribution in [0.4, 0.5) is 0 Å². The Morgan fingerprint density at radius 1 is 1.35 bits per heavy atom. The number of piperidine rings is 1. The maximum atomic E-state index is 4.63. The third-order valence-electron chi connectivity index (χ3n) is 4.58. The molecule has 1 aliphatic heterocycles. The number of hydrogen-bond acceptors (Lipinski definition) is 3. The lowest BCUT2D eigenvalue weighted by molar-refractivity contribution is 0.121. The Kier molecular flexibility index (Phi) is 3.76. The van der Waals surface area contributed by atoms with Crippen LogP contribution in [0, 0.1) is 5.92 Å². The minimum absolute atomic E-state index is 0.578. The molecule has 3 atom stereocenters. The molecule has 4 heteroatoms. The fourth-order valence-corrected chi connectivity index (χ4v) is 3.14. The number of rotatable bonds is 3. The Morgan fingerprint density at radius 3 is 2.95 bits per heavy atom. The molecule has 2 N–H and O–H groups in total. The Bertz CT molecular complexity index is 544. The molecule has 108 valence electrons. The van der Waals surface area contributed by atoms with Crippen LogP contribution in [0.1, 0.15) is 26.1 Å². The summed E-state index contributed by atoms with van der Waals surface area (Å²) in [7, 11) is 2.22. The summed E-state index contributed by atoms with van der Waals surface area (Å²) in [5.41, 5.74) is 2.17. The van der Waals surface area contributed by atoms with Gasteiger partial charge in [0.15, 0.2) is 0 Å². The lowest BCUT2D eigenvalue weighted by atomic mass is 9.90. The summed E-state index contributed by atoms with van der Waals surface area (Å²) >= 11 is 0. The Morgan fingerprint density at radius 2 is 2.15 bits per heavy atom. The van der Waals surface area contributed by atoms with E-state index in [1.54, 1.807) is 0 Å². The van der Waals surface area contributed by atoms with Crippen molar-refractivity contribution in [1.29, 1.82) is 0 Å². The van der Waals surface area contributed by atoms with Crippen molar-refractivity contribution in [2.75, 3.05) is 13.6 Å². The second kappa shape index (κ2) is 5.54. The molecule has 4 nitrogen and oxygen atoms in total. The second-order valence-corrected chi connectivity index (χ2v) is 6.19. The molecule has 20 heavy (non-hydrogen) atoms. The van der Waals surface area contributed by atoms with E-state index in [4.69, 9.17) is 0 Å². The van der Waals surface area contributed by atoms with Crippen LogP contribution in [-0.4, -0.2) is 40.5 Å². The van der Waals surface area contributed by atoms with Crippen molar-refractivity contribution in [1.82, 2.24) is 20.2 Å². The van der Waals surface area contributed by atoms with Gasteiger partial charge < -0.3 is 15.2 Å². The zero-order valence-electron chi connectivity index (χ0n) is 12.6. The Hall–Kier alpha value is -1.39. The van der Waals surface area contributed by atoms with Crippen LogP contribution >= 0.6 is 0 Å². The molecule has 3 unspecified atom stereocenters. The normalized spacial score (nSPS) is 28.1. The van der Waals surface area contributed by atoms with Crippen LogP contribution in [-0.2, 0) is 6.54 Å². The number of nitrogens with one attached hydrogen (secondary N) is 2. The van der Waals surface area contributed by atoms with Crippen molar-refractivity contribution in [3.8, 4) is 0 Å². The number of hydrogen-bond donors (Lipinski definition) is 2. The van der Waals surface area contributed by atoms with E-state index in [0.29, 0.717) is 18.0 Å². The summed E-state index contributed by atoms with van der Waals surface area (Å²) in [4.78, 5) is 10.5. The summed E-state index contributed by atoms with van der Waals surface area (Å²) in [6, 6.07) is 9.43. The Balaban J connectivity index is 1.64. The van der Waals surface area contributed by atoms with E-state index < -0.39 is 0 Å². The van der Waals surface area contributed by atoms with E-state index in [1.807, 2.05) is 12.1 Å². The number of nitrogens with zero attached hydrogens (tertiary/aromatic N) is 2. The molecule has 0 saturated carbocycles. The van der Waals surface area contributed by atoms with Gasteiger partial charge in [0.05, 0.1) is 17.6 Å². The van der Waals surface area contributed by atoms with Crippen LogP contribution < -0.4 is 5.32 Å². The standard InChI is InChI=1S/C16H24N4/c1-11-10-20(3)12(2)8-15(11)17-9-16-18-13-6-4-5-7-14(13)19-16/h4-7,11-12,15,17H,8-10H2,1-3H3,(H,18,19). The molecule has 1 saturated heterocycles. The van der Waals surface area contributed by atoms with Crippen LogP contribution in [0.25, 0.3) is 11.0 Å². The van der Waals surface area contributed by atoms with Gasteiger partial charge in [-0.1, -0.05) is 19.1 Å². The molecular weight excluding hydrogens is 248 g/mol. The van der Waals surface area contributed by atoms with Crippen molar-refractivity contribution < 1.29 is 0 Å². The van der Waals surface area contributed by atoms with Crippen molar-refractivity contribution in [3.05, 3.63) is 30.1 Å². The zero-order chi connectivity index (χ0) is 14.1. The molecule has 1 aromatic carbocycles. The number of fused-ring (bicyclic) bond motifs is 1. The fourth-order valence-electron chi connectivity index (χ4n) is 3.14. The smallest absolute Gasteiger partial charge is 0.121 e. The molecule has 0 radical (unpaired) electrons. The van der Waals surface area contributed by atoms with Gasteiger partial charge in [-0.3, -0.25) is 0 Å². The molecule has 0 amide bonds. The summed E-state index contributed by atoms with van der Waals surface area (Å²) < 4.78 is 0. The van der Waals surface area contributed by atoms with E-state index in [9.17, 15) is 0 Å². The lowest BCUT2D eigenvalue weighted by Gasteiger charge is -2.40. The van der Waals surface area contributed by atoms with E-state index in [1.165, 1.54) is 13.0 Å². The fraction of sp³-hybridized carbons (Fsp3) is 0.562. The highest BCUT2D eigenvalue weighted by molar-refractivity contribution is 5.74. The Labute approximate surface area is 120 Å². The van der Waals surface area contributed by atoms with Crippen molar-refractivity contribution in [2.45, 2.75) is 38.9 Å². The minimum atomic E-state index is 0.578. The first-order valence-electron chi connectivity index (χ1n) is 7.50. The number of H-pyrrole nitrogens is 1. The average molecular weight is 272 g/mol. The summed E-state index contributed by atoms with van der Waals surface area (Å²) in [6.45, 7) is 6.62. The van der Waals surface area contributed by atoms with E-state index >= 15 is 0 Å². The lowest BCUT2D eigenvalue weighted by Crippen LogP contribution is -2.50. The van der Waals surface area contributed by atoms with Gasteiger partial charge in [0.2, 0.25) is 0 Å². The summed E-state index contributed by atoms with van der Waals surface area (Å²) in [5.74, 6) is 1.71. The molecular formula is C16H24N4. The average Bonchev–Trinajstić information content (AvgIpc) is 2.84. The van der Waals surface area contributed by atoms with Crippen molar-refractivity contribution in [3.63, 3.8) is 0 Å². The van der Waals surface area contributed by atoms with Gasteiger partial charge in [-0.25, -0.2) is 4.98 Å². The maximum absolute atomic E-state index is 4.63. The van der Waals surface area contributed by atoms with Crippen LogP contribution in [0.2, 0.25) is 0 Å². The first-order chi connectivity index (χ1) is 9.63. The minimum Gasteiger partial charge on any atom is -0.341 e. The zero-order valence-corrected chi connectivity index (χ0v) is 12.6. The third-order valence-corrected chi connectivity index (χ3v) is 4.58. The predicted molar refractivity (Wildman–Crippen MR) is 82.6 cm³/mol. The number of aromatic amines is 1. The monoisotopic (exact) mass is 272 g/mol. The molecule has 1 fully saturated rings. The number of likely N-dealkylation sites (tertiary alicyclic amines) is 1. The molecule has 1 aliphatic rings. The van der Waals surface area contributed by atoms with Crippen LogP contribution in [0.3, 0.4) is 0 Å². The van der Waals surface area contributed by atoms with Gasteiger partial charge in [0.1, 0.15) is 5.82 Å². The van der Waals surface area contributed by atoms with Crippen molar-refractivity contribution in [2.24, 2.45) is 5.92 Å². The van der Waals surface area contributed by atoms with E-state index in [2.05, 4.69) is 53.2 Å². The van der Waals surface area contributed by atoms with E-state index in [-0.39, 0.29) is 0 Å². The summed E-state index contributed by atoms with van der Waals surface area (Å²) in [5, 5.41) is 3.68. The van der Waals surface area contributed by atoms with E-state index in [0.717, 1.165) is 23.4 Å². The predicted octanol–water partition coefficient (Wildman–Crippen LogP) is 2.38. The largest absolute Gasteiger partial charge is 0.341 e. The number of imidazole rings is 1. The molecule has 2 heterocycles. The molecule has 3 rings (SSSR count). The number of aromatic nitrogens is 2. The first-order valence-corrected chi connectivity index (χ1v) is 7.50. The van der Waals surface area contributed by atoms with Gasteiger partial charge >= 0.3 is 0 Å². The first kappa shape index (κ1) is 13.6.